The monoisotopic (exact) mass is 284 g/mol. The third-order valence-corrected chi connectivity index (χ3v) is 2.96. The highest BCUT2D eigenvalue weighted by atomic mass is 35.5. The predicted octanol–water partition coefficient (Wildman–Crippen LogP) is 1.64. The molecule has 0 saturated heterocycles. The maximum atomic E-state index is 11.8. The van der Waals surface area contributed by atoms with Crippen LogP contribution in [0.2, 0.25) is 5.02 Å². The van der Waals surface area contributed by atoms with Gasteiger partial charge in [0.15, 0.2) is 0 Å². The minimum absolute atomic E-state index is 0.0942. The summed E-state index contributed by atoms with van der Waals surface area (Å²) < 4.78 is 0. The number of phenols is 1. The highest BCUT2D eigenvalue weighted by molar-refractivity contribution is 6.30. The Bertz CT molecular complexity index is 473. The average molecular weight is 285 g/mol. The molecule has 104 valence electrons. The number of phenolic OH excluding ortho intramolecular Hbond substituents is 1. The fourth-order valence-electron chi connectivity index (χ4n) is 1.64. The quantitative estimate of drug-likeness (QED) is 0.864. The SMILES string of the molecule is CCN(CC)C(=O)CNC(=O)c1ccc(Cl)cc1O. The van der Waals surface area contributed by atoms with Gasteiger partial charge in [0, 0.05) is 18.1 Å². The fourth-order valence-corrected chi connectivity index (χ4v) is 1.80. The molecule has 5 nitrogen and oxygen atoms in total. The van der Waals surface area contributed by atoms with Crippen molar-refractivity contribution in [1.82, 2.24) is 10.2 Å². The van der Waals surface area contributed by atoms with Crippen molar-refractivity contribution in [3.63, 3.8) is 0 Å². The molecule has 0 bridgehead atoms. The number of benzene rings is 1. The minimum atomic E-state index is -0.505. The van der Waals surface area contributed by atoms with Gasteiger partial charge in [0.25, 0.3) is 5.91 Å². The highest BCUT2D eigenvalue weighted by Crippen LogP contribution is 2.21. The van der Waals surface area contributed by atoms with Gasteiger partial charge in [-0.15, -0.1) is 0 Å². The van der Waals surface area contributed by atoms with Crippen molar-refractivity contribution in [2.45, 2.75) is 13.8 Å². The Hall–Kier alpha value is -1.75. The van der Waals surface area contributed by atoms with Crippen LogP contribution in [0.15, 0.2) is 18.2 Å². The van der Waals surface area contributed by atoms with Gasteiger partial charge >= 0.3 is 0 Å². The number of hydrogen-bond acceptors (Lipinski definition) is 3. The molecule has 0 aliphatic heterocycles. The molecule has 0 spiro atoms. The second-order valence-electron chi connectivity index (χ2n) is 3.91. The first-order valence-electron chi connectivity index (χ1n) is 6.04. The predicted molar refractivity (Wildman–Crippen MR) is 73.4 cm³/mol. The van der Waals surface area contributed by atoms with Crippen molar-refractivity contribution in [3.8, 4) is 5.75 Å². The van der Waals surface area contributed by atoms with E-state index in [4.69, 9.17) is 11.6 Å². The third-order valence-electron chi connectivity index (χ3n) is 2.72. The molecular formula is C13H17ClN2O3. The fraction of sp³-hybridized carbons (Fsp3) is 0.385. The standard InChI is InChI=1S/C13H17ClN2O3/c1-3-16(4-2)12(18)8-15-13(19)10-6-5-9(14)7-11(10)17/h5-7,17H,3-4,8H2,1-2H3,(H,15,19). The number of hydrogen-bond donors (Lipinski definition) is 2. The Morgan fingerprint density at radius 3 is 2.47 bits per heavy atom. The Labute approximate surface area is 117 Å². The molecule has 0 unspecified atom stereocenters. The average Bonchev–Trinajstić information content (AvgIpc) is 2.37. The molecule has 0 aliphatic rings. The molecule has 0 aromatic heterocycles. The molecular weight excluding hydrogens is 268 g/mol. The number of rotatable bonds is 5. The summed E-state index contributed by atoms with van der Waals surface area (Å²) in [6, 6.07) is 4.19. The molecule has 1 aromatic rings. The largest absolute Gasteiger partial charge is 0.507 e. The molecule has 0 atom stereocenters. The van der Waals surface area contributed by atoms with Crippen LogP contribution in [0, 0.1) is 0 Å². The van der Waals surface area contributed by atoms with Crippen LogP contribution >= 0.6 is 11.6 Å². The van der Waals surface area contributed by atoms with E-state index in [1.54, 1.807) is 4.90 Å². The lowest BCUT2D eigenvalue weighted by Crippen LogP contribution is -2.40. The Balaban J connectivity index is 2.63. The van der Waals surface area contributed by atoms with Crippen LogP contribution in [0.4, 0.5) is 0 Å². The maximum Gasteiger partial charge on any atom is 0.255 e. The van der Waals surface area contributed by atoms with E-state index in [2.05, 4.69) is 5.32 Å². The molecule has 0 heterocycles. The van der Waals surface area contributed by atoms with Crippen molar-refractivity contribution in [1.29, 1.82) is 0 Å². The van der Waals surface area contributed by atoms with Crippen LogP contribution in [-0.4, -0.2) is 41.5 Å². The van der Waals surface area contributed by atoms with Crippen LogP contribution in [0.25, 0.3) is 0 Å². The van der Waals surface area contributed by atoms with Gasteiger partial charge in [0.2, 0.25) is 5.91 Å². The normalized spacial score (nSPS) is 10.1. The number of carbonyl (C=O) groups excluding carboxylic acids is 2. The lowest BCUT2D eigenvalue weighted by atomic mass is 10.2. The Morgan fingerprint density at radius 2 is 1.95 bits per heavy atom. The van der Waals surface area contributed by atoms with E-state index in [0.717, 1.165) is 0 Å². The summed E-state index contributed by atoms with van der Waals surface area (Å²) in [5, 5.41) is 12.4. The first kappa shape index (κ1) is 15.3. The number of amides is 2. The number of carbonyl (C=O) groups is 2. The lowest BCUT2D eigenvalue weighted by molar-refractivity contribution is -0.129. The van der Waals surface area contributed by atoms with E-state index < -0.39 is 5.91 Å². The number of halogens is 1. The molecule has 1 rings (SSSR count). The van der Waals surface area contributed by atoms with Gasteiger partial charge in [-0.05, 0) is 32.0 Å². The molecule has 2 N–H and O–H groups in total. The second-order valence-corrected chi connectivity index (χ2v) is 4.35. The molecule has 1 aromatic carbocycles. The van der Waals surface area contributed by atoms with E-state index in [9.17, 15) is 14.7 Å². The summed E-state index contributed by atoms with van der Waals surface area (Å²) in [5.41, 5.74) is 0.0942. The number of nitrogens with one attached hydrogen (secondary N) is 1. The van der Waals surface area contributed by atoms with Crippen molar-refractivity contribution in [2.24, 2.45) is 0 Å². The lowest BCUT2D eigenvalue weighted by Gasteiger charge is -2.18. The molecule has 2 amide bonds. The third kappa shape index (κ3) is 4.13. The van der Waals surface area contributed by atoms with Crippen LogP contribution in [0.5, 0.6) is 5.75 Å². The van der Waals surface area contributed by atoms with E-state index in [0.29, 0.717) is 18.1 Å². The highest BCUT2D eigenvalue weighted by Gasteiger charge is 2.14. The van der Waals surface area contributed by atoms with Crippen molar-refractivity contribution >= 4 is 23.4 Å². The summed E-state index contributed by atoms with van der Waals surface area (Å²) in [7, 11) is 0. The first-order chi connectivity index (χ1) is 8.99. The second kappa shape index (κ2) is 6.99. The smallest absolute Gasteiger partial charge is 0.255 e. The van der Waals surface area contributed by atoms with E-state index in [1.807, 2.05) is 13.8 Å². The minimum Gasteiger partial charge on any atom is -0.507 e. The summed E-state index contributed by atoms with van der Waals surface area (Å²) in [6.07, 6.45) is 0. The molecule has 0 aliphatic carbocycles. The summed E-state index contributed by atoms with van der Waals surface area (Å²) in [5.74, 6) is -0.873. The van der Waals surface area contributed by atoms with E-state index in [-0.39, 0.29) is 23.8 Å². The van der Waals surface area contributed by atoms with Crippen molar-refractivity contribution < 1.29 is 14.7 Å². The zero-order valence-corrected chi connectivity index (χ0v) is 11.7. The zero-order valence-electron chi connectivity index (χ0n) is 10.9. The van der Waals surface area contributed by atoms with Crippen LogP contribution in [0.1, 0.15) is 24.2 Å². The van der Waals surface area contributed by atoms with Crippen molar-refractivity contribution in [3.05, 3.63) is 28.8 Å². The maximum absolute atomic E-state index is 11.8. The van der Waals surface area contributed by atoms with Gasteiger partial charge in [-0.2, -0.15) is 0 Å². The van der Waals surface area contributed by atoms with Gasteiger partial charge in [0.05, 0.1) is 12.1 Å². The number of nitrogens with zero attached hydrogens (tertiary/aromatic N) is 1. The van der Waals surface area contributed by atoms with E-state index >= 15 is 0 Å². The van der Waals surface area contributed by atoms with Crippen LogP contribution < -0.4 is 5.32 Å². The van der Waals surface area contributed by atoms with Gasteiger partial charge in [-0.25, -0.2) is 0 Å². The molecule has 19 heavy (non-hydrogen) atoms. The van der Waals surface area contributed by atoms with E-state index in [1.165, 1.54) is 18.2 Å². The van der Waals surface area contributed by atoms with Gasteiger partial charge in [-0.3, -0.25) is 9.59 Å². The molecule has 6 heteroatoms. The zero-order chi connectivity index (χ0) is 14.4. The summed E-state index contributed by atoms with van der Waals surface area (Å²) in [6.45, 7) is 4.83. The first-order valence-corrected chi connectivity index (χ1v) is 6.41. The van der Waals surface area contributed by atoms with Crippen molar-refractivity contribution in [2.75, 3.05) is 19.6 Å². The molecule has 0 radical (unpaired) electrons. The molecule has 0 fully saturated rings. The molecule has 0 saturated carbocycles. The summed E-state index contributed by atoms with van der Waals surface area (Å²) >= 11 is 5.68. The van der Waals surface area contributed by atoms with Gasteiger partial charge in [-0.1, -0.05) is 11.6 Å². The number of likely N-dealkylation sites (N-methyl/N-ethyl adjacent to an activating group) is 1. The summed E-state index contributed by atoms with van der Waals surface area (Å²) in [4.78, 5) is 25.1. The Morgan fingerprint density at radius 1 is 1.32 bits per heavy atom. The van der Waals surface area contributed by atoms with Crippen LogP contribution in [0.3, 0.4) is 0 Å². The number of aromatic hydroxyl groups is 1. The van der Waals surface area contributed by atoms with Gasteiger partial charge in [0.1, 0.15) is 5.75 Å². The van der Waals surface area contributed by atoms with Crippen LogP contribution in [-0.2, 0) is 4.79 Å². The Kier molecular flexibility index (Phi) is 5.63. The topological polar surface area (TPSA) is 69.6 Å². The van der Waals surface area contributed by atoms with Gasteiger partial charge < -0.3 is 15.3 Å².